The first kappa shape index (κ1) is 24.1. The molecule has 2 aromatic rings. The fourth-order valence-electron chi connectivity index (χ4n) is 4.62. The van der Waals surface area contributed by atoms with Gasteiger partial charge < -0.3 is 14.6 Å². The molecule has 170 valence electrons. The summed E-state index contributed by atoms with van der Waals surface area (Å²) in [6.07, 6.45) is 9.03. The van der Waals surface area contributed by atoms with Gasteiger partial charge in [0.05, 0.1) is 17.7 Å². The van der Waals surface area contributed by atoms with Crippen molar-refractivity contribution < 1.29 is 12.8 Å². The molecule has 0 amide bonds. The van der Waals surface area contributed by atoms with Crippen LogP contribution in [0.2, 0.25) is 0 Å². The molecule has 2 aliphatic rings. The molecule has 31 heavy (non-hydrogen) atoms. The van der Waals surface area contributed by atoms with Gasteiger partial charge in [-0.1, -0.05) is 25.0 Å². The summed E-state index contributed by atoms with van der Waals surface area (Å²) in [6.45, 7) is 3.32. The van der Waals surface area contributed by atoms with Crippen molar-refractivity contribution in [1.82, 2.24) is 10.2 Å². The molecular formula is C22H31IN4O3S. The van der Waals surface area contributed by atoms with E-state index in [2.05, 4.69) is 10.2 Å². The largest absolute Gasteiger partial charge is 0.469 e. The predicted molar refractivity (Wildman–Crippen MR) is 132 cm³/mol. The van der Waals surface area contributed by atoms with E-state index < -0.39 is 10.0 Å². The van der Waals surface area contributed by atoms with Gasteiger partial charge in [0.15, 0.2) is 5.96 Å². The molecule has 7 nitrogen and oxygen atoms in total. The first-order valence-electron chi connectivity index (χ1n) is 10.6. The Balaban J connectivity index is 0.00000272. The number of hydrogen-bond acceptors (Lipinski definition) is 4. The summed E-state index contributed by atoms with van der Waals surface area (Å²) >= 11 is 0. The highest BCUT2D eigenvalue weighted by Gasteiger charge is 2.41. The molecule has 3 N–H and O–H groups in total. The monoisotopic (exact) mass is 558 g/mol. The van der Waals surface area contributed by atoms with E-state index in [1.54, 1.807) is 18.4 Å². The average Bonchev–Trinajstić information content (AvgIpc) is 3.48. The van der Waals surface area contributed by atoms with Gasteiger partial charge in [0, 0.05) is 26.1 Å². The predicted octanol–water partition coefficient (Wildman–Crippen LogP) is 3.50. The van der Waals surface area contributed by atoms with Gasteiger partial charge in [-0.25, -0.2) is 18.5 Å². The second-order valence-corrected chi connectivity index (χ2v) is 10.0. The van der Waals surface area contributed by atoms with Crippen LogP contribution >= 0.6 is 24.0 Å². The van der Waals surface area contributed by atoms with E-state index in [1.165, 1.54) is 44.2 Å². The van der Waals surface area contributed by atoms with E-state index in [1.807, 2.05) is 12.1 Å². The number of furan rings is 1. The summed E-state index contributed by atoms with van der Waals surface area (Å²) in [5.41, 5.74) is 1.41. The van der Waals surface area contributed by atoms with Crippen LogP contribution in [-0.2, 0) is 23.0 Å². The van der Waals surface area contributed by atoms with Crippen molar-refractivity contribution in [3.05, 3.63) is 54.0 Å². The maximum Gasteiger partial charge on any atom is 0.238 e. The number of guanidine groups is 1. The van der Waals surface area contributed by atoms with E-state index in [-0.39, 0.29) is 28.9 Å². The minimum atomic E-state index is -3.68. The Kier molecular flexibility index (Phi) is 8.03. The van der Waals surface area contributed by atoms with Crippen molar-refractivity contribution >= 4 is 40.0 Å². The number of nitrogens with one attached hydrogen (secondary N) is 1. The van der Waals surface area contributed by atoms with Gasteiger partial charge in [-0.05, 0) is 54.5 Å². The first-order chi connectivity index (χ1) is 14.4. The lowest BCUT2D eigenvalue weighted by molar-refractivity contribution is 0.309. The summed E-state index contributed by atoms with van der Waals surface area (Å²) in [6, 6.07) is 10.5. The molecule has 2 heterocycles. The van der Waals surface area contributed by atoms with Crippen LogP contribution in [-0.4, -0.2) is 38.9 Å². The SMILES string of the molecule is I.NS(=O)(=O)c1ccc(CN=C(NCCc2ccco2)N2CCC3(CCCC3)C2)cc1. The van der Waals surface area contributed by atoms with Crippen LogP contribution in [0.4, 0.5) is 0 Å². The second kappa shape index (κ2) is 10.4. The molecule has 1 saturated heterocycles. The molecule has 2 fully saturated rings. The molecule has 0 radical (unpaired) electrons. The highest BCUT2D eigenvalue weighted by atomic mass is 127. The van der Waals surface area contributed by atoms with Gasteiger partial charge in [-0.15, -0.1) is 24.0 Å². The van der Waals surface area contributed by atoms with Crippen molar-refractivity contribution in [2.75, 3.05) is 19.6 Å². The molecule has 1 spiro atoms. The van der Waals surface area contributed by atoms with Crippen molar-refractivity contribution in [2.45, 2.75) is 50.0 Å². The van der Waals surface area contributed by atoms with Gasteiger partial charge >= 0.3 is 0 Å². The van der Waals surface area contributed by atoms with Crippen LogP contribution in [0.5, 0.6) is 0 Å². The fraction of sp³-hybridized carbons (Fsp3) is 0.500. The number of benzene rings is 1. The third-order valence-corrected chi connectivity index (χ3v) is 7.23. The zero-order chi connectivity index (χ0) is 21.0. The fourth-order valence-corrected chi connectivity index (χ4v) is 5.14. The highest BCUT2D eigenvalue weighted by molar-refractivity contribution is 14.0. The van der Waals surface area contributed by atoms with Gasteiger partial charge in [0.2, 0.25) is 10.0 Å². The number of nitrogens with two attached hydrogens (primary N) is 1. The summed E-state index contributed by atoms with van der Waals surface area (Å²) in [4.78, 5) is 7.36. The van der Waals surface area contributed by atoms with Crippen molar-refractivity contribution in [3.8, 4) is 0 Å². The number of aliphatic imine (C=N–C) groups is 1. The molecule has 1 aliphatic heterocycles. The first-order valence-corrected chi connectivity index (χ1v) is 12.2. The number of primary sulfonamides is 1. The number of nitrogens with zero attached hydrogens (tertiary/aromatic N) is 2. The molecule has 1 aromatic carbocycles. The maximum atomic E-state index is 11.4. The Morgan fingerprint density at radius 1 is 1.16 bits per heavy atom. The Hall–Kier alpha value is -1.59. The maximum absolute atomic E-state index is 11.4. The number of halogens is 1. The summed E-state index contributed by atoms with van der Waals surface area (Å²) in [5, 5.41) is 8.70. The van der Waals surface area contributed by atoms with Crippen molar-refractivity contribution in [2.24, 2.45) is 15.5 Å². The van der Waals surface area contributed by atoms with Crippen molar-refractivity contribution in [3.63, 3.8) is 0 Å². The Morgan fingerprint density at radius 3 is 2.55 bits per heavy atom. The molecule has 0 unspecified atom stereocenters. The second-order valence-electron chi connectivity index (χ2n) is 8.46. The van der Waals surface area contributed by atoms with Crippen LogP contribution in [0.1, 0.15) is 43.4 Å². The lowest BCUT2D eigenvalue weighted by Gasteiger charge is -2.26. The Bertz CT molecular complexity index is 969. The average molecular weight is 558 g/mol. The molecule has 1 saturated carbocycles. The minimum absolute atomic E-state index is 0. The van der Waals surface area contributed by atoms with Gasteiger partial charge in [0.1, 0.15) is 5.76 Å². The van der Waals surface area contributed by atoms with Crippen molar-refractivity contribution in [1.29, 1.82) is 0 Å². The lowest BCUT2D eigenvalue weighted by Crippen LogP contribution is -2.42. The topological polar surface area (TPSA) is 101 Å². The molecule has 0 atom stereocenters. The smallest absolute Gasteiger partial charge is 0.238 e. The van der Waals surface area contributed by atoms with E-state index >= 15 is 0 Å². The number of hydrogen-bond donors (Lipinski definition) is 2. The molecule has 4 rings (SSSR count). The Labute approximate surface area is 201 Å². The van der Waals surface area contributed by atoms with E-state index in [0.717, 1.165) is 43.3 Å². The number of rotatable bonds is 6. The standard InChI is InChI=1S/C22H30N4O3S.HI/c23-30(27,28)20-7-5-18(6-8-20)16-25-21(24-13-9-19-4-3-15-29-19)26-14-12-22(17-26)10-1-2-11-22;/h3-8,15H,1-2,9-14,16-17H2,(H,24,25)(H2,23,27,28);1H. The van der Waals surface area contributed by atoms with Crippen LogP contribution < -0.4 is 10.5 Å². The zero-order valence-electron chi connectivity index (χ0n) is 17.6. The molecule has 1 aromatic heterocycles. The van der Waals surface area contributed by atoms with Crippen LogP contribution in [0.3, 0.4) is 0 Å². The zero-order valence-corrected chi connectivity index (χ0v) is 20.8. The highest BCUT2D eigenvalue weighted by Crippen LogP contribution is 2.45. The number of likely N-dealkylation sites (tertiary alicyclic amines) is 1. The third-order valence-electron chi connectivity index (χ3n) is 6.30. The van der Waals surface area contributed by atoms with Gasteiger partial charge in [-0.3, -0.25) is 0 Å². The molecule has 1 aliphatic carbocycles. The van der Waals surface area contributed by atoms with Crippen LogP contribution in [0, 0.1) is 5.41 Å². The minimum Gasteiger partial charge on any atom is -0.469 e. The summed E-state index contributed by atoms with van der Waals surface area (Å²) in [5.74, 6) is 1.87. The van der Waals surface area contributed by atoms with Crippen LogP contribution in [0.25, 0.3) is 0 Å². The summed E-state index contributed by atoms with van der Waals surface area (Å²) in [7, 11) is -3.68. The number of sulfonamides is 1. The van der Waals surface area contributed by atoms with E-state index in [9.17, 15) is 8.42 Å². The lowest BCUT2D eigenvalue weighted by atomic mass is 9.86. The Morgan fingerprint density at radius 2 is 1.90 bits per heavy atom. The molecule has 9 heteroatoms. The van der Waals surface area contributed by atoms with Gasteiger partial charge in [-0.2, -0.15) is 0 Å². The molecular weight excluding hydrogens is 527 g/mol. The van der Waals surface area contributed by atoms with E-state index in [4.69, 9.17) is 14.5 Å². The van der Waals surface area contributed by atoms with Gasteiger partial charge in [0.25, 0.3) is 0 Å². The van der Waals surface area contributed by atoms with E-state index in [0.29, 0.717) is 12.0 Å². The third kappa shape index (κ3) is 6.23. The quantitative estimate of drug-likeness (QED) is 0.321. The molecule has 0 bridgehead atoms. The van der Waals surface area contributed by atoms with Crippen LogP contribution in [0.15, 0.2) is 57.0 Å². The normalized spacial score (nSPS) is 18.4. The summed E-state index contributed by atoms with van der Waals surface area (Å²) < 4.78 is 28.3.